The van der Waals surface area contributed by atoms with Crippen LogP contribution in [0.5, 0.6) is 5.75 Å². The molecule has 1 heterocycles. The number of carbonyl (C=O) groups excluding carboxylic acids is 1. The number of carbonyl (C=O) groups is 2. The van der Waals surface area contributed by atoms with Crippen molar-refractivity contribution in [3.05, 3.63) is 64.7 Å². The molecule has 1 aliphatic heterocycles. The molecule has 0 radical (unpaired) electrons. The number of para-hydroxylation sites is 1. The topological polar surface area (TPSA) is 128 Å². The quantitative estimate of drug-likeness (QED) is 0.339. The monoisotopic (exact) mass is 398 g/mol. The second-order valence-corrected chi connectivity index (χ2v) is 7.04. The Hall–Kier alpha value is -2.88. The summed E-state index contributed by atoms with van der Waals surface area (Å²) in [7, 11) is -1.33. The number of benzene rings is 2. The molecule has 0 fully saturated rings. The molecule has 2 aromatic rings. The van der Waals surface area contributed by atoms with Crippen molar-refractivity contribution >= 4 is 19.0 Å². The van der Waals surface area contributed by atoms with E-state index >= 15 is 0 Å². The minimum atomic E-state index is -1.33. The summed E-state index contributed by atoms with van der Waals surface area (Å²) in [5, 5.41) is 34.4. The van der Waals surface area contributed by atoms with Crippen molar-refractivity contribution in [3.8, 4) is 5.75 Å². The molecule has 29 heavy (non-hydrogen) atoms. The van der Waals surface area contributed by atoms with Gasteiger partial charge in [-0.15, -0.1) is 0 Å². The molecule has 0 bridgehead atoms. The van der Waals surface area contributed by atoms with Crippen LogP contribution >= 0.6 is 0 Å². The Bertz CT molecular complexity index is 887. The summed E-state index contributed by atoms with van der Waals surface area (Å²) in [4.78, 5) is 23.7. The Kier molecular flexibility index (Phi) is 6.53. The van der Waals surface area contributed by atoms with Gasteiger partial charge >= 0.3 is 13.1 Å². The van der Waals surface area contributed by atoms with Gasteiger partial charge in [0.1, 0.15) is 12.0 Å². The van der Waals surface area contributed by atoms with Crippen LogP contribution in [-0.4, -0.2) is 46.4 Å². The van der Waals surface area contributed by atoms with Crippen LogP contribution in [-0.2, 0) is 24.2 Å². The summed E-state index contributed by atoms with van der Waals surface area (Å²) in [5.41, 5.74) is 2.40. The first-order valence-corrected chi connectivity index (χ1v) is 9.32. The summed E-state index contributed by atoms with van der Waals surface area (Å²) in [5.74, 6) is -1.94. The summed E-state index contributed by atoms with van der Waals surface area (Å²) in [6.07, 6.45) is -0.191. The van der Waals surface area contributed by atoms with Crippen LogP contribution in [0.2, 0.25) is 0 Å². The molecule has 3 rings (SSSR count). The largest absolute Gasteiger partial charge is 0.547 e. The fraction of sp³-hybridized carbons (Fsp3) is 0.300. The van der Waals surface area contributed by atoms with E-state index in [4.69, 9.17) is 4.65 Å². The van der Waals surface area contributed by atoms with Crippen LogP contribution in [0.4, 0.5) is 0 Å². The van der Waals surface area contributed by atoms with E-state index in [9.17, 15) is 24.8 Å². The average molecular weight is 398 g/mol. The summed E-state index contributed by atoms with van der Waals surface area (Å²) >= 11 is 0. The van der Waals surface area contributed by atoms with Crippen LogP contribution in [0.1, 0.15) is 34.0 Å². The minimum absolute atomic E-state index is 0.0171. The fourth-order valence-electron chi connectivity index (χ4n) is 3.20. The minimum Gasteiger partial charge on any atom is -0.534 e. The van der Waals surface area contributed by atoms with E-state index in [2.05, 4.69) is 10.6 Å². The van der Waals surface area contributed by atoms with E-state index in [1.54, 1.807) is 19.1 Å². The molecule has 0 spiro atoms. The van der Waals surface area contributed by atoms with E-state index in [-0.39, 0.29) is 30.1 Å². The van der Waals surface area contributed by atoms with Crippen LogP contribution < -0.4 is 15.3 Å². The molecular formula is C20H23BN2O6. The van der Waals surface area contributed by atoms with Gasteiger partial charge in [-0.25, -0.2) is 4.79 Å². The Labute approximate surface area is 168 Å². The number of aliphatic hydroxyl groups excluding tert-OH is 1. The number of carboxylic acid groups (broad SMARTS) is 1. The fourth-order valence-corrected chi connectivity index (χ4v) is 3.20. The van der Waals surface area contributed by atoms with Gasteiger partial charge in [0.15, 0.2) is 0 Å². The molecule has 0 aromatic heterocycles. The van der Waals surface area contributed by atoms with E-state index < -0.39 is 25.3 Å². The summed E-state index contributed by atoms with van der Waals surface area (Å²) < 4.78 is 5.38. The van der Waals surface area contributed by atoms with Crippen molar-refractivity contribution < 1.29 is 29.5 Å². The lowest BCUT2D eigenvalue weighted by Gasteiger charge is -2.28. The molecule has 1 amide bonds. The molecule has 0 saturated carbocycles. The lowest BCUT2D eigenvalue weighted by Crippen LogP contribution is -2.53. The lowest BCUT2D eigenvalue weighted by atomic mass is 9.72. The highest BCUT2D eigenvalue weighted by Crippen LogP contribution is 2.30. The van der Waals surface area contributed by atoms with Crippen molar-refractivity contribution in [1.29, 1.82) is 0 Å². The highest BCUT2D eigenvalue weighted by atomic mass is 16.5. The van der Waals surface area contributed by atoms with Gasteiger partial charge in [-0.1, -0.05) is 36.4 Å². The molecule has 9 heteroatoms. The number of fused-ring (bicyclic) bond motifs is 1. The first-order valence-electron chi connectivity index (χ1n) is 9.32. The lowest BCUT2D eigenvalue weighted by molar-refractivity contribution is -0.120. The zero-order valence-electron chi connectivity index (χ0n) is 16.0. The number of aliphatic hydroxyl groups is 1. The van der Waals surface area contributed by atoms with E-state index in [0.29, 0.717) is 12.1 Å². The number of carboxylic acids is 1. The van der Waals surface area contributed by atoms with E-state index in [0.717, 1.165) is 11.1 Å². The van der Waals surface area contributed by atoms with Crippen LogP contribution in [0.3, 0.4) is 0 Å². The first-order chi connectivity index (χ1) is 13.8. The van der Waals surface area contributed by atoms with Gasteiger partial charge in [0.05, 0.1) is 17.9 Å². The molecule has 2 unspecified atom stereocenters. The maximum atomic E-state index is 12.4. The summed E-state index contributed by atoms with van der Waals surface area (Å²) in [6, 6.07) is 12.2. The maximum Gasteiger partial charge on any atom is 0.547 e. The number of aromatic carboxylic acids is 1. The molecule has 5 N–H and O–H groups in total. The number of rotatable bonds is 7. The third kappa shape index (κ3) is 5.35. The normalized spacial score (nSPS) is 16.5. The zero-order chi connectivity index (χ0) is 21.0. The van der Waals surface area contributed by atoms with Gasteiger partial charge in [0, 0.05) is 6.54 Å². The predicted octanol–water partition coefficient (Wildman–Crippen LogP) is 0.495. The number of hydrogen-bond donors (Lipinski definition) is 5. The van der Waals surface area contributed by atoms with Crippen molar-refractivity contribution in [2.24, 2.45) is 0 Å². The second-order valence-electron chi connectivity index (χ2n) is 7.04. The average Bonchev–Trinajstić information content (AvgIpc) is 2.67. The number of nitrogens with one attached hydrogen (secondary N) is 2. The Morgan fingerprint density at radius 1 is 1.21 bits per heavy atom. The predicted molar refractivity (Wildman–Crippen MR) is 106 cm³/mol. The molecule has 2 aromatic carbocycles. The van der Waals surface area contributed by atoms with Crippen molar-refractivity contribution in [3.63, 3.8) is 0 Å². The highest BCUT2D eigenvalue weighted by Gasteiger charge is 2.37. The van der Waals surface area contributed by atoms with Gasteiger partial charge in [-0.05, 0) is 36.1 Å². The highest BCUT2D eigenvalue weighted by molar-refractivity contribution is 6.47. The molecule has 8 nitrogen and oxygen atoms in total. The Morgan fingerprint density at radius 3 is 2.55 bits per heavy atom. The van der Waals surface area contributed by atoms with Crippen molar-refractivity contribution in [2.45, 2.75) is 38.5 Å². The Morgan fingerprint density at radius 2 is 1.90 bits per heavy atom. The van der Waals surface area contributed by atoms with Crippen molar-refractivity contribution in [2.75, 3.05) is 0 Å². The van der Waals surface area contributed by atoms with E-state index in [1.807, 2.05) is 24.3 Å². The molecule has 1 aliphatic rings. The van der Waals surface area contributed by atoms with Crippen LogP contribution in [0.15, 0.2) is 42.5 Å². The maximum absolute atomic E-state index is 12.4. The molecule has 152 valence electrons. The van der Waals surface area contributed by atoms with Gasteiger partial charge in [0.2, 0.25) is 5.91 Å². The second kappa shape index (κ2) is 9.08. The third-order valence-corrected chi connectivity index (χ3v) is 4.69. The molecular weight excluding hydrogens is 375 g/mol. The summed E-state index contributed by atoms with van der Waals surface area (Å²) in [6.45, 7) is 2.16. The number of hydrogen-bond acceptors (Lipinski definition) is 6. The zero-order valence-corrected chi connectivity index (χ0v) is 16.0. The van der Waals surface area contributed by atoms with Crippen LogP contribution in [0.25, 0.3) is 0 Å². The number of amides is 1. The smallest absolute Gasteiger partial charge is 0.534 e. The Balaban J connectivity index is 1.60. The van der Waals surface area contributed by atoms with Crippen molar-refractivity contribution in [1.82, 2.24) is 10.6 Å². The molecule has 0 saturated heterocycles. The van der Waals surface area contributed by atoms with Crippen LogP contribution in [0, 0.1) is 0 Å². The van der Waals surface area contributed by atoms with E-state index in [1.165, 1.54) is 6.07 Å². The molecule has 0 aliphatic carbocycles. The van der Waals surface area contributed by atoms with Gasteiger partial charge in [0.25, 0.3) is 0 Å². The molecule has 2 atom stereocenters. The van der Waals surface area contributed by atoms with Gasteiger partial charge in [-0.3, -0.25) is 10.1 Å². The standard InChI is InChI=1S/C20H23BN2O6/c1-12(24)22-11-14-7-5-13(6-8-14)9-18(25)23-17-10-15-3-2-4-16(20(26)27)19(15)29-21(17)28/h2-8,12,17,22,24,28H,9-11H2,1H3,(H,23,25)(H,26,27). The third-order valence-electron chi connectivity index (χ3n) is 4.69. The van der Waals surface area contributed by atoms with Gasteiger partial charge < -0.3 is 25.2 Å². The SMILES string of the molecule is CC(O)NCc1ccc(CC(=O)NC2Cc3cccc(C(=O)O)c3OB2O)cc1. The van der Waals surface area contributed by atoms with Gasteiger partial charge in [-0.2, -0.15) is 0 Å². The first kappa shape index (κ1) is 20.8.